The Kier molecular flexibility index (Phi) is 3.65. The van der Waals surface area contributed by atoms with E-state index < -0.39 is 11.7 Å². The van der Waals surface area contributed by atoms with Gasteiger partial charge in [0.25, 0.3) is 5.91 Å². The van der Waals surface area contributed by atoms with E-state index in [2.05, 4.69) is 15.6 Å². The highest BCUT2D eigenvalue weighted by Gasteiger charge is 2.13. The summed E-state index contributed by atoms with van der Waals surface area (Å²) in [6.45, 7) is 1.98. The minimum absolute atomic E-state index is 0.109. The van der Waals surface area contributed by atoms with Crippen LogP contribution in [0.3, 0.4) is 0 Å². The van der Waals surface area contributed by atoms with Crippen molar-refractivity contribution in [1.82, 2.24) is 15.0 Å². The number of para-hydroxylation sites is 1. The average Bonchev–Trinajstić information content (AvgIpc) is 3.00. The van der Waals surface area contributed by atoms with Gasteiger partial charge in [-0.05, 0) is 31.2 Å². The first-order chi connectivity index (χ1) is 10.6. The number of halogens is 1. The summed E-state index contributed by atoms with van der Waals surface area (Å²) in [6.07, 6.45) is 1.50. The van der Waals surface area contributed by atoms with Crippen LogP contribution in [-0.4, -0.2) is 20.9 Å². The number of nitrogens with one attached hydrogen (secondary N) is 1. The van der Waals surface area contributed by atoms with Crippen LogP contribution in [0.1, 0.15) is 16.1 Å². The van der Waals surface area contributed by atoms with Crippen LogP contribution in [0, 0.1) is 12.7 Å². The smallest absolute Gasteiger partial charge is 0.277 e. The number of anilines is 1. The van der Waals surface area contributed by atoms with Gasteiger partial charge in [-0.15, -0.1) is 5.10 Å². The molecule has 0 saturated heterocycles. The third-order valence-electron chi connectivity index (χ3n) is 3.15. The van der Waals surface area contributed by atoms with Gasteiger partial charge in [-0.1, -0.05) is 35.0 Å². The predicted molar refractivity (Wildman–Crippen MR) is 80.4 cm³/mol. The molecule has 2 aromatic carbocycles. The summed E-state index contributed by atoms with van der Waals surface area (Å²) in [7, 11) is 0. The van der Waals surface area contributed by atoms with Crippen LogP contribution in [0.2, 0.25) is 0 Å². The molecule has 0 radical (unpaired) electrons. The Balaban J connectivity index is 1.80. The van der Waals surface area contributed by atoms with E-state index in [0.717, 1.165) is 11.3 Å². The first kappa shape index (κ1) is 13.9. The molecule has 1 aromatic heterocycles. The van der Waals surface area contributed by atoms with Crippen molar-refractivity contribution in [2.45, 2.75) is 6.92 Å². The van der Waals surface area contributed by atoms with Crippen molar-refractivity contribution >= 4 is 11.6 Å². The van der Waals surface area contributed by atoms with Gasteiger partial charge in [0.1, 0.15) is 5.82 Å². The van der Waals surface area contributed by atoms with Crippen LogP contribution in [0.25, 0.3) is 5.69 Å². The summed E-state index contributed by atoms with van der Waals surface area (Å²) in [5.74, 6) is -1.01. The fourth-order valence-electron chi connectivity index (χ4n) is 1.94. The van der Waals surface area contributed by atoms with Gasteiger partial charge in [0, 0.05) is 0 Å². The van der Waals surface area contributed by atoms with Crippen molar-refractivity contribution in [2.75, 3.05) is 5.32 Å². The highest BCUT2D eigenvalue weighted by atomic mass is 19.1. The van der Waals surface area contributed by atoms with Gasteiger partial charge >= 0.3 is 0 Å². The second-order valence-electron chi connectivity index (χ2n) is 4.82. The molecule has 1 heterocycles. The third kappa shape index (κ3) is 2.85. The SMILES string of the molecule is Cc1ccc(-n2cc(C(=O)Nc3ccccc3F)nn2)cc1. The zero-order valence-electron chi connectivity index (χ0n) is 11.8. The molecule has 0 aliphatic rings. The van der Waals surface area contributed by atoms with Crippen molar-refractivity contribution in [2.24, 2.45) is 0 Å². The molecule has 0 aliphatic heterocycles. The Hall–Kier alpha value is -3.02. The number of amides is 1. The molecule has 0 aliphatic carbocycles. The minimum atomic E-state index is -0.511. The topological polar surface area (TPSA) is 59.8 Å². The summed E-state index contributed by atoms with van der Waals surface area (Å²) in [4.78, 5) is 12.1. The number of rotatable bonds is 3. The first-order valence-electron chi connectivity index (χ1n) is 6.69. The van der Waals surface area contributed by atoms with Crippen molar-refractivity contribution in [3.63, 3.8) is 0 Å². The fraction of sp³-hybridized carbons (Fsp3) is 0.0625. The number of aryl methyl sites for hydroxylation is 1. The largest absolute Gasteiger partial charge is 0.318 e. The summed E-state index contributed by atoms with van der Waals surface area (Å²) in [5, 5.41) is 10.2. The highest BCUT2D eigenvalue weighted by molar-refractivity contribution is 6.02. The summed E-state index contributed by atoms with van der Waals surface area (Å²) < 4.78 is 15.0. The Morgan fingerprint density at radius 1 is 1.14 bits per heavy atom. The number of carbonyl (C=O) groups excluding carboxylic acids is 1. The van der Waals surface area contributed by atoms with Gasteiger partial charge in [-0.3, -0.25) is 4.79 Å². The fourth-order valence-corrected chi connectivity index (χ4v) is 1.94. The molecular weight excluding hydrogens is 283 g/mol. The maximum Gasteiger partial charge on any atom is 0.277 e. The van der Waals surface area contributed by atoms with E-state index in [1.54, 1.807) is 12.1 Å². The lowest BCUT2D eigenvalue weighted by molar-refractivity contribution is 0.102. The highest BCUT2D eigenvalue weighted by Crippen LogP contribution is 2.14. The number of hydrogen-bond acceptors (Lipinski definition) is 3. The molecule has 0 fully saturated rings. The molecule has 0 unspecified atom stereocenters. The number of benzene rings is 2. The lowest BCUT2D eigenvalue weighted by atomic mass is 10.2. The Bertz CT molecular complexity index is 811. The van der Waals surface area contributed by atoms with Gasteiger partial charge < -0.3 is 5.32 Å². The molecule has 3 rings (SSSR count). The number of aromatic nitrogens is 3. The molecule has 0 spiro atoms. The van der Waals surface area contributed by atoms with E-state index in [1.807, 2.05) is 31.2 Å². The van der Waals surface area contributed by atoms with E-state index in [1.165, 1.54) is 23.0 Å². The van der Waals surface area contributed by atoms with E-state index >= 15 is 0 Å². The molecule has 5 nitrogen and oxygen atoms in total. The van der Waals surface area contributed by atoms with E-state index in [9.17, 15) is 9.18 Å². The van der Waals surface area contributed by atoms with Crippen molar-refractivity contribution < 1.29 is 9.18 Å². The molecule has 110 valence electrons. The van der Waals surface area contributed by atoms with E-state index in [4.69, 9.17) is 0 Å². The quantitative estimate of drug-likeness (QED) is 0.808. The monoisotopic (exact) mass is 296 g/mol. The van der Waals surface area contributed by atoms with E-state index in [0.29, 0.717) is 0 Å². The van der Waals surface area contributed by atoms with Crippen molar-refractivity contribution in [3.8, 4) is 5.69 Å². The van der Waals surface area contributed by atoms with Gasteiger partial charge in [-0.25, -0.2) is 9.07 Å². The third-order valence-corrected chi connectivity index (χ3v) is 3.15. The number of nitrogens with zero attached hydrogens (tertiary/aromatic N) is 3. The molecular formula is C16H13FN4O. The Morgan fingerprint density at radius 2 is 1.86 bits per heavy atom. The molecule has 1 amide bonds. The second kappa shape index (κ2) is 5.77. The van der Waals surface area contributed by atoms with Crippen LogP contribution in [0.15, 0.2) is 54.7 Å². The molecule has 1 N–H and O–H groups in total. The standard InChI is InChI=1S/C16H13FN4O/c1-11-6-8-12(9-7-11)21-10-15(19-20-21)16(22)18-14-5-3-2-4-13(14)17/h2-10H,1H3,(H,18,22). The zero-order chi connectivity index (χ0) is 15.5. The summed E-state index contributed by atoms with van der Waals surface area (Å²) >= 11 is 0. The zero-order valence-corrected chi connectivity index (χ0v) is 11.8. The normalized spacial score (nSPS) is 10.5. The maximum absolute atomic E-state index is 13.5. The van der Waals surface area contributed by atoms with Crippen molar-refractivity contribution in [1.29, 1.82) is 0 Å². The molecule has 3 aromatic rings. The molecule has 0 atom stereocenters. The van der Waals surface area contributed by atoms with Gasteiger partial charge in [-0.2, -0.15) is 0 Å². The molecule has 0 bridgehead atoms. The lowest BCUT2D eigenvalue weighted by Gasteiger charge is -2.03. The van der Waals surface area contributed by atoms with Crippen LogP contribution in [0.4, 0.5) is 10.1 Å². The molecule has 22 heavy (non-hydrogen) atoms. The number of hydrogen-bond donors (Lipinski definition) is 1. The summed E-state index contributed by atoms with van der Waals surface area (Å²) in [6, 6.07) is 13.6. The summed E-state index contributed by atoms with van der Waals surface area (Å²) in [5.41, 5.74) is 2.14. The van der Waals surface area contributed by atoms with Gasteiger partial charge in [0.05, 0.1) is 17.6 Å². The Morgan fingerprint density at radius 3 is 2.59 bits per heavy atom. The van der Waals surface area contributed by atoms with Gasteiger partial charge in [0.2, 0.25) is 0 Å². The van der Waals surface area contributed by atoms with Crippen LogP contribution < -0.4 is 5.32 Å². The lowest BCUT2D eigenvalue weighted by Crippen LogP contribution is -2.13. The predicted octanol–water partition coefficient (Wildman–Crippen LogP) is 2.97. The molecule has 6 heteroatoms. The first-order valence-corrected chi connectivity index (χ1v) is 6.69. The van der Waals surface area contributed by atoms with Crippen molar-refractivity contribution in [3.05, 3.63) is 71.8 Å². The van der Waals surface area contributed by atoms with E-state index in [-0.39, 0.29) is 11.4 Å². The average molecular weight is 296 g/mol. The second-order valence-corrected chi connectivity index (χ2v) is 4.82. The number of carbonyl (C=O) groups is 1. The van der Waals surface area contributed by atoms with Crippen LogP contribution in [0.5, 0.6) is 0 Å². The van der Waals surface area contributed by atoms with Crippen LogP contribution in [-0.2, 0) is 0 Å². The molecule has 0 saturated carbocycles. The van der Waals surface area contributed by atoms with Crippen LogP contribution >= 0.6 is 0 Å². The Labute approximate surface area is 126 Å². The minimum Gasteiger partial charge on any atom is -0.318 e. The maximum atomic E-state index is 13.5. The van der Waals surface area contributed by atoms with Gasteiger partial charge in [0.15, 0.2) is 5.69 Å².